The Balaban J connectivity index is 1.78. The summed E-state index contributed by atoms with van der Waals surface area (Å²) < 4.78 is 5.39. The molecule has 0 saturated heterocycles. The molecule has 0 unspecified atom stereocenters. The van der Waals surface area contributed by atoms with Crippen LogP contribution in [0.3, 0.4) is 0 Å². The van der Waals surface area contributed by atoms with Crippen LogP contribution in [0.4, 0.5) is 0 Å². The van der Waals surface area contributed by atoms with Crippen LogP contribution in [0.5, 0.6) is 5.75 Å². The van der Waals surface area contributed by atoms with Gasteiger partial charge in [-0.1, -0.05) is 47.1 Å². The molecule has 9 heteroatoms. The van der Waals surface area contributed by atoms with E-state index in [9.17, 15) is 14.4 Å². The van der Waals surface area contributed by atoms with Crippen molar-refractivity contribution in [2.75, 3.05) is 0 Å². The first-order valence-corrected chi connectivity index (χ1v) is 9.91. The minimum atomic E-state index is -0.517. The Morgan fingerprint density at radius 3 is 2.41 bits per heavy atom. The lowest BCUT2D eigenvalue weighted by Gasteiger charge is -2.19. The van der Waals surface area contributed by atoms with E-state index in [4.69, 9.17) is 16.3 Å². The van der Waals surface area contributed by atoms with E-state index in [1.165, 1.54) is 30.6 Å². The summed E-state index contributed by atoms with van der Waals surface area (Å²) in [6.07, 6.45) is 0. The zero-order chi connectivity index (χ0) is 21.1. The first kappa shape index (κ1) is 20.9. The predicted octanol–water partition coefficient (Wildman–Crippen LogP) is 3.87. The lowest BCUT2D eigenvalue weighted by Crippen LogP contribution is -2.25. The molecule has 1 N–H and O–H groups in total. The Bertz CT molecular complexity index is 1010. The van der Waals surface area contributed by atoms with E-state index in [0.717, 1.165) is 5.56 Å². The number of hydrogen-bond donors (Lipinski definition) is 1. The van der Waals surface area contributed by atoms with Gasteiger partial charge in [0.05, 0.1) is 10.6 Å². The Morgan fingerprint density at radius 1 is 1.14 bits per heavy atom. The van der Waals surface area contributed by atoms with Crippen molar-refractivity contribution in [3.63, 3.8) is 0 Å². The van der Waals surface area contributed by atoms with Crippen LogP contribution >= 0.6 is 23.4 Å². The van der Waals surface area contributed by atoms with Crippen molar-refractivity contribution in [3.05, 3.63) is 64.2 Å². The molecule has 0 radical (unpaired) electrons. The highest BCUT2D eigenvalue weighted by Crippen LogP contribution is 2.41. The molecule has 3 rings (SSSR count). The molecular weight excluding hydrogens is 414 g/mol. The van der Waals surface area contributed by atoms with Crippen molar-refractivity contribution < 1.29 is 19.1 Å². The third-order valence-electron chi connectivity index (χ3n) is 3.98. The number of carbonyl (C=O) groups is 3. The molecule has 1 atom stereocenters. The topological polar surface area (TPSA) is 88.1 Å². The highest BCUT2D eigenvalue weighted by Gasteiger charge is 2.32. The second-order valence-corrected chi connectivity index (χ2v) is 7.84. The zero-order valence-electron chi connectivity index (χ0n) is 15.9. The largest absolute Gasteiger partial charge is 0.421 e. The van der Waals surface area contributed by atoms with Crippen LogP contribution in [0.25, 0.3) is 0 Å². The normalized spacial score (nSPS) is 15.7. The Kier molecular flexibility index (Phi) is 6.24. The molecule has 0 bridgehead atoms. The number of benzene rings is 2. The standard InChI is InChI=1S/C20H18ClN3O4S/c1-11-4-6-14(7-5-11)19(27)28-17-9-8-15(10-16(17)21)18-24(13(3)26)23-20(29-18)22-12(2)25/h4-10,18H,1-3H3,(H,22,23,25)/t18-/m1/s1. The lowest BCUT2D eigenvalue weighted by molar-refractivity contribution is -0.129. The fraction of sp³-hybridized carbons (Fsp3) is 0.200. The van der Waals surface area contributed by atoms with E-state index in [-0.39, 0.29) is 22.6 Å². The smallest absolute Gasteiger partial charge is 0.343 e. The zero-order valence-corrected chi connectivity index (χ0v) is 17.5. The molecule has 1 aliphatic heterocycles. The molecule has 150 valence electrons. The van der Waals surface area contributed by atoms with Crippen molar-refractivity contribution in [1.82, 2.24) is 10.3 Å². The second kappa shape index (κ2) is 8.67. The Hall–Kier alpha value is -2.84. The number of thioether (sulfide) groups is 1. The van der Waals surface area contributed by atoms with E-state index < -0.39 is 11.3 Å². The average molecular weight is 432 g/mol. The van der Waals surface area contributed by atoms with Gasteiger partial charge in [-0.15, -0.1) is 5.10 Å². The number of esters is 1. The maximum Gasteiger partial charge on any atom is 0.343 e. The third-order valence-corrected chi connectivity index (χ3v) is 5.38. The van der Waals surface area contributed by atoms with Crippen LogP contribution in [-0.2, 0) is 9.59 Å². The van der Waals surface area contributed by atoms with Gasteiger partial charge in [0, 0.05) is 13.8 Å². The first-order chi connectivity index (χ1) is 13.7. The molecule has 7 nitrogen and oxygen atoms in total. The van der Waals surface area contributed by atoms with Crippen LogP contribution in [0.2, 0.25) is 5.02 Å². The van der Waals surface area contributed by atoms with Crippen LogP contribution in [0, 0.1) is 6.92 Å². The highest BCUT2D eigenvalue weighted by atomic mass is 35.5. The quantitative estimate of drug-likeness (QED) is 0.588. The van der Waals surface area contributed by atoms with E-state index in [0.29, 0.717) is 16.3 Å². The number of amidine groups is 1. The maximum atomic E-state index is 12.3. The molecule has 1 aliphatic rings. The fourth-order valence-corrected chi connectivity index (χ4v) is 3.94. The molecule has 0 spiro atoms. The summed E-state index contributed by atoms with van der Waals surface area (Å²) in [5.74, 6) is -0.872. The van der Waals surface area contributed by atoms with E-state index in [2.05, 4.69) is 10.4 Å². The van der Waals surface area contributed by atoms with Crippen molar-refractivity contribution in [2.45, 2.75) is 26.1 Å². The number of halogens is 1. The summed E-state index contributed by atoms with van der Waals surface area (Å²) in [7, 11) is 0. The lowest BCUT2D eigenvalue weighted by atomic mass is 10.1. The van der Waals surface area contributed by atoms with Gasteiger partial charge >= 0.3 is 5.97 Å². The molecule has 0 saturated carbocycles. The van der Waals surface area contributed by atoms with Gasteiger partial charge in [0.25, 0.3) is 0 Å². The molecular formula is C20H18ClN3O4S. The van der Waals surface area contributed by atoms with Gasteiger partial charge < -0.3 is 10.1 Å². The minimum Gasteiger partial charge on any atom is -0.421 e. The number of hydrazone groups is 1. The molecule has 2 aromatic rings. The summed E-state index contributed by atoms with van der Waals surface area (Å²) in [6, 6.07) is 11.9. The summed E-state index contributed by atoms with van der Waals surface area (Å²) in [4.78, 5) is 35.5. The van der Waals surface area contributed by atoms with E-state index in [1.807, 2.05) is 19.1 Å². The summed E-state index contributed by atoms with van der Waals surface area (Å²) >= 11 is 7.53. The number of nitrogens with zero attached hydrogens (tertiary/aromatic N) is 2. The van der Waals surface area contributed by atoms with Gasteiger partial charge in [0.2, 0.25) is 11.8 Å². The van der Waals surface area contributed by atoms with E-state index in [1.54, 1.807) is 30.3 Å². The molecule has 0 fully saturated rings. The molecule has 2 amide bonds. The van der Waals surface area contributed by atoms with Crippen LogP contribution in [0.1, 0.15) is 40.7 Å². The van der Waals surface area contributed by atoms with Crippen LogP contribution < -0.4 is 10.1 Å². The van der Waals surface area contributed by atoms with Crippen LogP contribution in [0.15, 0.2) is 47.6 Å². The van der Waals surface area contributed by atoms with E-state index >= 15 is 0 Å². The molecule has 2 aromatic carbocycles. The van der Waals surface area contributed by atoms with Gasteiger partial charge in [0.15, 0.2) is 5.17 Å². The number of amides is 2. The minimum absolute atomic E-state index is 0.210. The average Bonchev–Trinajstić information content (AvgIpc) is 3.07. The first-order valence-electron chi connectivity index (χ1n) is 8.65. The third kappa shape index (κ3) is 4.96. The molecule has 0 aliphatic carbocycles. The van der Waals surface area contributed by atoms with Gasteiger partial charge in [-0.2, -0.15) is 0 Å². The molecule has 29 heavy (non-hydrogen) atoms. The summed E-state index contributed by atoms with van der Waals surface area (Å²) in [6.45, 7) is 4.67. The molecule has 1 heterocycles. The van der Waals surface area contributed by atoms with Gasteiger partial charge in [0.1, 0.15) is 11.1 Å². The van der Waals surface area contributed by atoms with Gasteiger partial charge in [-0.25, -0.2) is 9.80 Å². The number of carbonyl (C=O) groups excluding carboxylic acids is 3. The van der Waals surface area contributed by atoms with Crippen molar-refractivity contribution in [3.8, 4) is 5.75 Å². The predicted molar refractivity (Wildman–Crippen MR) is 112 cm³/mol. The number of rotatable bonds is 3. The molecule has 0 aromatic heterocycles. The highest BCUT2D eigenvalue weighted by molar-refractivity contribution is 8.14. The van der Waals surface area contributed by atoms with Crippen molar-refractivity contribution in [2.24, 2.45) is 5.10 Å². The Morgan fingerprint density at radius 2 is 1.83 bits per heavy atom. The van der Waals surface area contributed by atoms with Crippen molar-refractivity contribution >= 4 is 46.3 Å². The summed E-state index contributed by atoms with van der Waals surface area (Å²) in [5, 5.41) is 8.03. The van der Waals surface area contributed by atoms with Crippen molar-refractivity contribution in [1.29, 1.82) is 0 Å². The Labute approximate surface area is 177 Å². The number of nitrogens with one attached hydrogen (secondary N) is 1. The van der Waals surface area contributed by atoms with Crippen LogP contribution in [-0.4, -0.2) is 28.0 Å². The number of hydrogen-bond acceptors (Lipinski definition) is 6. The summed E-state index contributed by atoms with van der Waals surface area (Å²) in [5.41, 5.74) is 2.13. The fourth-order valence-electron chi connectivity index (χ4n) is 2.58. The monoisotopic (exact) mass is 431 g/mol. The SMILES string of the molecule is CC(=O)NC1=NN(C(C)=O)[C@@H](c2ccc(OC(=O)c3ccc(C)cc3)c(Cl)c2)S1. The van der Waals surface area contributed by atoms with Gasteiger partial charge in [-0.05, 0) is 36.8 Å². The number of aryl methyl sites for hydroxylation is 1. The van der Waals surface area contributed by atoms with Gasteiger partial charge in [-0.3, -0.25) is 9.59 Å². The maximum absolute atomic E-state index is 12.3. The second-order valence-electron chi connectivity index (χ2n) is 6.37. The number of ether oxygens (including phenoxy) is 1.